The van der Waals surface area contributed by atoms with Crippen LogP contribution in [0, 0.1) is 11.7 Å². The second-order valence-electron chi connectivity index (χ2n) is 3.75. The highest BCUT2D eigenvalue weighted by molar-refractivity contribution is 7.71. The number of nitrogens with zero attached hydrogens (tertiary/aromatic N) is 2. The quantitative estimate of drug-likeness (QED) is 0.802. The molecule has 0 radical (unpaired) electrons. The number of carbonyl (C=O) groups excluding carboxylic acids is 1. The molecule has 1 heterocycles. The maximum atomic E-state index is 11.8. The predicted molar refractivity (Wildman–Crippen MR) is 66.9 cm³/mol. The number of hydrogen-bond donors (Lipinski definition) is 1. The lowest BCUT2D eigenvalue weighted by Gasteiger charge is -2.18. The summed E-state index contributed by atoms with van der Waals surface area (Å²) in [6.07, 6.45) is 2.45. The van der Waals surface area contributed by atoms with E-state index in [4.69, 9.17) is 12.2 Å². The molecule has 1 aromatic rings. The monoisotopic (exact) mass is 241 g/mol. The van der Waals surface area contributed by atoms with Crippen LogP contribution in [0.15, 0.2) is 6.20 Å². The van der Waals surface area contributed by atoms with E-state index in [1.165, 1.54) is 0 Å². The van der Waals surface area contributed by atoms with Gasteiger partial charge in [-0.2, -0.15) is 0 Å². The molecule has 0 aromatic carbocycles. The van der Waals surface area contributed by atoms with Gasteiger partial charge >= 0.3 is 0 Å². The van der Waals surface area contributed by atoms with Crippen molar-refractivity contribution in [2.24, 2.45) is 0 Å². The van der Waals surface area contributed by atoms with E-state index in [0.29, 0.717) is 17.7 Å². The smallest absolute Gasteiger partial charge is 0.224 e. The van der Waals surface area contributed by atoms with Crippen LogP contribution in [0.2, 0.25) is 0 Å². The largest absolute Gasteiger partial charge is 0.343 e. The Morgan fingerprint density at radius 1 is 1.50 bits per heavy atom. The molecule has 0 unspecified atom stereocenters. The summed E-state index contributed by atoms with van der Waals surface area (Å²) in [5, 5.41) is 0. The maximum absolute atomic E-state index is 11.8. The molecule has 5 heteroatoms. The maximum Gasteiger partial charge on any atom is 0.224 e. The molecule has 0 saturated heterocycles. The van der Waals surface area contributed by atoms with E-state index in [-0.39, 0.29) is 5.91 Å². The molecule has 1 N–H and O–H groups in total. The van der Waals surface area contributed by atoms with E-state index < -0.39 is 0 Å². The summed E-state index contributed by atoms with van der Waals surface area (Å²) in [5.74, 6) is 0.186. The molecule has 16 heavy (non-hydrogen) atoms. The van der Waals surface area contributed by atoms with Crippen molar-refractivity contribution in [1.82, 2.24) is 14.5 Å². The third kappa shape index (κ3) is 3.20. The Balaban J connectivity index is 2.55. The molecule has 90 valence electrons. The van der Waals surface area contributed by atoms with Gasteiger partial charge in [-0.25, -0.2) is 0 Å². The number of H-pyrrole nitrogens is 1. The zero-order valence-electron chi connectivity index (χ0n) is 10.1. The lowest BCUT2D eigenvalue weighted by Crippen LogP contribution is -2.31. The van der Waals surface area contributed by atoms with Gasteiger partial charge in [-0.3, -0.25) is 4.79 Å². The van der Waals surface area contributed by atoms with Gasteiger partial charge in [0.2, 0.25) is 5.91 Å². The van der Waals surface area contributed by atoms with Crippen LogP contribution in [0.5, 0.6) is 0 Å². The molecule has 0 saturated carbocycles. The fraction of sp³-hybridized carbons (Fsp3) is 0.636. The summed E-state index contributed by atoms with van der Waals surface area (Å²) in [7, 11) is 0. The highest BCUT2D eigenvalue weighted by atomic mass is 32.1. The van der Waals surface area contributed by atoms with Gasteiger partial charge in [0.25, 0.3) is 0 Å². The molecule has 4 nitrogen and oxygen atoms in total. The Kier molecular flexibility index (Phi) is 4.73. The van der Waals surface area contributed by atoms with Gasteiger partial charge < -0.3 is 14.5 Å². The molecular formula is C11H19N3OS. The average molecular weight is 241 g/mol. The van der Waals surface area contributed by atoms with E-state index >= 15 is 0 Å². The van der Waals surface area contributed by atoms with E-state index in [0.717, 1.165) is 18.8 Å². The third-order valence-corrected chi connectivity index (χ3v) is 2.93. The Bertz CT molecular complexity index is 404. The Morgan fingerprint density at radius 2 is 2.12 bits per heavy atom. The van der Waals surface area contributed by atoms with Crippen molar-refractivity contribution in [1.29, 1.82) is 0 Å². The number of rotatable bonds is 5. The van der Waals surface area contributed by atoms with Crippen LogP contribution in [-0.4, -0.2) is 33.4 Å². The summed E-state index contributed by atoms with van der Waals surface area (Å²) in [6.45, 7) is 8.14. The van der Waals surface area contributed by atoms with Gasteiger partial charge in [0.1, 0.15) is 0 Å². The predicted octanol–water partition coefficient (Wildman–Crippen LogP) is 2.11. The van der Waals surface area contributed by atoms with Gasteiger partial charge in [-0.05, 0) is 33.0 Å². The number of hydrogen-bond acceptors (Lipinski definition) is 2. The van der Waals surface area contributed by atoms with Gasteiger partial charge in [0.05, 0.1) is 0 Å². The second-order valence-corrected chi connectivity index (χ2v) is 4.14. The fourth-order valence-electron chi connectivity index (χ4n) is 1.68. The standard InChI is InChI=1S/C11H19N3OS/c1-4-13(5-2)10(15)6-7-14-8-9(3)12-11(14)16/h8H,4-7H2,1-3H3,(H,12,16). The Morgan fingerprint density at radius 3 is 2.56 bits per heavy atom. The van der Waals surface area contributed by atoms with Crippen molar-refractivity contribution in [3.63, 3.8) is 0 Å². The topological polar surface area (TPSA) is 41.0 Å². The Hall–Kier alpha value is -1.10. The lowest BCUT2D eigenvalue weighted by molar-refractivity contribution is -0.131. The molecule has 0 bridgehead atoms. The molecule has 0 aliphatic carbocycles. The van der Waals surface area contributed by atoms with Crippen LogP contribution in [-0.2, 0) is 11.3 Å². The zero-order valence-corrected chi connectivity index (χ0v) is 10.9. The number of nitrogens with one attached hydrogen (secondary N) is 1. The number of aryl methyl sites for hydroxylation is 2. The summed E-state index contributed by atoms with van der Waals surface area (Å²) >= 11 is 5.13. The molecule has 0 spiro atoms. The van der Waals surface area contributed by atoms with Gasteiger partial charge in [0, 0.05) is 37.9 Å². The summed E-state index contributed by atoms with van der Waals surface area (Å²) in [4.78, 5) is 16.6. The van der Waals surface area contributed by atoms with Gasteiger partial charge in [-0.15, -0.1) is 0 Å². The van der Waals surface area contributed by atoms with Gasteiger partial charge in [-0.1, -0.05) is 0 Å². The molecule has 1 amide bonds. The molecule has 1 aromatic heterocycles. The van der Waals surface area contributed by atoms with Crippen LogP contribution >= 0.6 is 12.2 Å². The third-order valence-electron chi connectivity index (χ3n) is 2.60. The van der Waals surface area contributed by atoms with Crippen molar-refractivity contribution in [2.75, 3.05) is 13.1 Å². The first kappa shape index (κ1) is 13.0. The highest BCUT2D eigenvalue weighted by Gasteiger charge is 2.09. The molecule has 0 aliphatic heterocycles. The van der Waals surface area contributed by atoms with E-state index in [9.17, 15) is 4.79 Å². The van der Waals surface area contributed by atoms with Crippen molar-refractivity contribution >= 4 is 18.1 Å². The minimum atomic E-state index is 0.186. The minimum absolute atomic E-state index is 0.186. The van der Waals surface area contributed by atoms with Gasteiger partial charge in [0.15, 0.2) is 4.77 Å². The van der Waals surface area contributed by atoms with Crippen molar-refractivity contribution in [2.45, 2.75) is 33.7 Å². The first-order valence-electron chi connectivity index (χ1n) is 5.62. The number of carbonyl (C=O) groups is 1. The van der Waals surface area contributed by atoms with E-state index in [1.54, 1.807) is 0 Å². The van der Waals surface area contributed by atoms with E-state index in [2.05, 4.69) is 4.98 Å². The van der Waals surface area contributed by atoms with Crippen LogP contribution in [0.25, 0.3) is 0 Å². The molecule has 0 atom stereocenters. The molecule has 0 aliphatic rings. The highest BCUT2D eigenvalue weighted by Crippen LogP contribution is 2.01. The molecule has 0 fully saturated rings. The molecule has 1 rings (SSSR count). The summed E-state index contributed by atoms with van der Waals surface area (Å²) in [5.41, 5.74) is 1.03. The lowest BCUT2D eigenvalue weighted by atomic mass is 10.3. The summed E-state index contributed by atoms with van der Waals surface area (Å²) in [6, 6.07) is 0. The normalized spacial score (nSPS) is 10.4. The van der Waals surface area contributed by atoms with Crippen molar-refractivity contribution in [3.8, 4) is 0 Å². The van der Waals surface area contributed by atoms with E-state index in [1.807, 2.05) is 36.4 Å². The second kappa shape index (κ2) is 5.84. The number of aromatic amines is 1. The average Bonchev–Trinajstić information content (AvgIpc) is 2.56. The number of imidazole rings is 1. The van der Waals surface area contributed by atoms with Crippen LogP contribution in [0.3, 0.4) is 0 Å². The zero-order chi connectivity index (χ0) is 12.1. The molecular weight excluding hydrogens is 222 g/mol. The summed E-state index contributed by atoms with van der Waals surface area (Å²) < 4.78 is 2.59. The minimum Gasteiger partial charge on any atom is -0.343 e. The Labute approximate surface area is 101 Å². The first-order valence-corrected chi connectivity index (χ1v) is 6.03. The number of amides is 1. The van der Waals surface area contributed by atoms with Crippen molar-refractivity contribution < 1.29 is 4.79 Å². The van der Waals surface area contributed by atoms with Crippen LogP contribution in [0.1, 0.15) is 26.0 Å². The SMILES string of the molecule is CCN(CC)C(=O)CCn1cc(C)[nH]c1=S. The van der Waals surface area contributed by atoms with Crippen LogP contribution in [0.4, 0.5) is 0 Å². The first-order chi connectivity index (χ1) is 7.58. The van der Waals surface area contributed by atoms with Crippen LogP contribution < -0.4 is 0 Å². The number of aromatic nitrogens is 2. The fourth-order valence-corrected chi connectivity index (χ4v) is 1.99. The van der Waals surface area contributed by atoms with Crippen molar-refractivity contribution in [3.05, 3.63) is 16.7 Å².